The molecule has 1 aromatic carbocycles. The van der Waals surface area contributed by atoms with Crippen LogP contribution in [0.4, 0.5) is 0 Å². The predicted octanol–water partition coefficient (Wildman–Crippen LogP) is 0.795. The van der Waals surface area contributed by atoms with Crippen molar-refractivity contribution >= 4 is 5.91 Å². The molecule has 0 saturated carbocycles. The maximum Gasteiger partial charge on any atom is 0.231 e. The molecule has 0 aromatic heterocycles. The number of fused-ring (bicyclic) bond motifs is 1. The fourth-order valence-corrected chi connectivity index (χ4v) is 2.66. The van der Waals surface area contributed by atoms with E-state index in [0.717, 1.165) is 36.8 Å². The second-order valence-corrected chi connectivity index (χ2v) is 5.75. The molecule has 1 atom stereocenters. The predicted molar refractivity (Wildman–Crippen MR) is 81.1 cm³/mol. The Kier molecular flexibility index (Phi) is 4.80. The van der Waals surface area contributed by atoms with Crippen LogP contribution in [-0.2, 0) is 16.0 Å². The fraction of sp³-hybridized carbons (Fsp3) is 0.562. The second-order valence-electron chi connectivity index (χ2n) is 5.75. The quantitative estimate of drug-likeness (QED) is 0.872. The minimum Gasteiger partial charge on any atom is -0.454 e. The standard InChI is InChI=1S/C16H22N2O4/c1-18-6-7-20-13(10-18)9-17-16(19)5-3-12-2-4-14-15(8-12)22-11-21-14/h2,4,8,13H,3,5-7,9-11H2,1H3,(H,17,19). The summed E-state index contributed by atoms with van der Waals surface area (Å²) in [6.07, 6.45) is 1.24. The largest absolute Gasteiger partial charge is 0.454 e. The Balaban J connectivity index is 1.40. The first-order valence-electron chi connectivity index (χ1n) is 7.66. The summed E-state index contributed by atoms with van der Waals surface area (Å²) >= 11 is 0. The first kappa shape index (κ1) is 15.1. The molecule has 3 rings (SSSR count). The number of ether oxygens (including phenoxy) is 3. The molecule has 1 saturated heterocycles. The molecule has 1 fully saturated rings. The minimum atomic E-state index is 0.0505. The van der Waals surface area contributed by atoms with Gasteiger partial charge in [0, 0.05) is 26.1 Å². The Labute approximate surface area is 130 Å². The van der Waals surface area contributed by atoms with Gasteiger partial charge in [0.15, 0.2) is 11.5 Å². The smallest absolute Gasteiger partial charge is 0.231 e. The van der Waals surface area contributed by atoms with Gasteiger partial charge in [-0.05, 0) is 31.2 Å². The zero-order valence-corrected chi connectivity index (χ0v) is 12.8. The van der Waals surface area contributed by atoms with Crippen LogP contribution in [0.1, 0.15) is 12.0 Å². The SMILES string of the molecule is CN1CCOC(CNC(=O)CCc2ccc3c(c2)OCO3)C1. The van der Waals surface area contributed by atoms with E-state index in [0.29, 0.717) is 19.4 Å². The second kappa shape index (κ2) is 6.98. The molecule has 2 aliphatic rings. The highest BCUT2D eigenvalue weighted by Gasteiger charge is 2.18. The highest BCUT2D eigenvalue weighted by molar-refractivity contribution is 5.76. The number of carbonyl (C=O) groups is 1. The van der Waals surface area contributed by atoms with E-state index in [1.807, 2.05) is 18.2 Å². The highest BCUT2D eigenvalue weighted by Crippen LogP contribution is 2.32. The van der Waals surface area contributed by atoms with Crippen LogP contribution < -0.4 is 14.8 Å². The van der Waals surface area contributed by atoms with Gasteiger partial charge in [-0.2, -0.15) is 0 Å². The summed E-state index contributed by atoms with van der Waals surface area (Å²) in [4.78, 5) is 14.2. The highest BCUT2D eigenvalue weighted by atomic mass is 16.7. The van der Waals surface area contributed by atoms with Crippen molar-refractivity contribution in [3.8, 4) is 11.5 Å². The van der Waals surface area contributed by atoms with E-state index >= 15 is 0 Å². The summed E-state index contributed by atoms with van der Waals surface area (Å²) in [7, 11) is 2.07. The maximum absolute atomic E-state index is 11.9. The molecule has 120 valence electrons. The van der Waals surface area contributed by atoms with Crippen molar-refractivity contribution < 1.29 is 19.0 Å². The molecule has 1 unspecified atom stereocenters. The van der Waals surface area contributed by atoms with Gasteiger partial charge < -0.3 is 24.4 Å². The number of likely N-dealkylation sites (N-methyl/N-ethyl adjacent to an activating group) is 1. The van der Waals surface area contributed by atoms with Gasteiger partial charge in [0.05, 0.1) is 12.7 Å². The number of hydrogen-bond acceptors (Lipinski definition) is 5. The van der Waals surface area contributed by atoms with Gasteiger partial charge in [-0.25, -0.2) is 0 Å². The van der Waals surface area contributed by atoms with E-state index in [2.05, 4.69) is 17.3 Å². The van der Waals surface area contributed by atoms with E-state index in [1.54, 1.807) is 0 Å². The number of carbonyl (C=O) groups excluding carboxylic acids is 1. The third-order valence-corrected chi connectivity index (χ3v) is 3.95. The van der Waals surface area contributed by atoms with Crippen LogP contribution in [0.2, 0.25) is 0 Å². The Morgan fingerprint density at radius 1 is 1.36 bits per heavy atom. The summed E-state index contributed by atoms with van der Waals surface area (Å²) < 4.78 is 16.2. The third kappa shape index (κ3) is 3.90. The van der Waals surface area contributed by atoms with Crippen molar-refractivity contribution in [2.75, 3.05) is 40.1 Å². The lowest BCUT2D eigenvalue weighted by molar-refractivity contribution is -0.122. The normalized spacial score (nSPS) is 20.9. The van der Waals surface area contributed by atoms with E-state index in [9.17, 15) is 4.79 Å². The van der Waals surface area contributed by atoms with E-state index in [4.69, 9.17) is 14.2 Å². The molecule has 6 nitrogen and oxygen atoms in total. The number of benzene rings is 1. The maximum atomic E-state index is 11.9. The molecule has 0 radical (unpaired) electrons. The van der Waals surface area contributed by atoms with E-state index in [1.165, 1.54) is 0 Å². The average molecular weight is 306 g/mol. The van der Waals surface area contributed by atoms with Gasteiger partial charge in [-0.1, -0.05) is 6.07 Å². The fourth-order valence-electron chi connectivity index (χ4n) is 2.66. The van der Waals surface area contributed by atoms with Gasteiger partial charge in [0.2, 0.25) is 12.7 Å². The lowest BCUT2D eigenvalue weighted by Crippen LogP contribution is -2.45. The Morgan fingerprint density at radius 2 is 2.23 bits per heavy atom. The van der Waals surface area contributed by atoms with Crippen LogP contribution in [-0.4, -0.2) is 57.0 Å². The number of hydrogen-bond donors (Lipinski definition) is 1. The van der Waals surface area contributed by atoms with Crippen LogP contribution >= 0.6 is 0 Å². The van der Waals surface area contributed by atoms with Crippen LogP contribution in [0.5, 0.6) is 11.5 Å². The number of morpholine rings is 1. The summed E-state index contributed by atoms with van der Waals surface area (Å²) in [6.45, 7) is 3.39. The molecule has 2 aliphatic heterocycles. The molecule has 0 aliphatic carbocycles. The molecular weight excluding hydrogens is 284 g/mol. The van der Waals surface area contributed by atoms with Crippen molar-refractivity contribution in [3.63, 3.8) is 0 Å². The molecule has 6 heteroatoms. The Hall–Kier alpha value is -1.79. The first-order chi connectivity index (χ1) is 10.7. The van der Waals surface area contributed by atoms with Gasteiger partial charge in [0.25, 0.3) is 0 Å². The lowest BCUT2D eigenvalue weighted by atomic mass is 10.1. The molecule has 0 spiro atoms. The Morgan fingerprint density at radius 3 is 3.09 bits per heavy atom. The monoisotopic (exact) mass is 306 g/mol. The molecule has 1 amide bonds. The molecule has 0 bridgehead atoms. The van der Waals surface area contributed by atoms with Gasteiger partial charge in [-0.3, -0.25) is 4.79 Å². The van der Waals surface area contributed by atoms with Crippen LogP contribution in [0.15, 0.2) is 18.2 Å². The number of rotatable bonds is 5. The molecule has 22 heavy (non-hydrogen) atoms. The number of amides is 1. The summed E-state index contributed by atoms with van der Waals surface area (Å²) in [5.74, 6) is 1.58. The first-order valence-corrected chi connectivity index (χ1v) is 7.66. The number of nitrogens with one attached hydrogen (secondary N) is 1. The summed E-state index contributed by atoms with van der Waals surface area (Å²) in [6, 6.07) is 5.80. The van der Waals surface area contributed by atoms with E-state index in [-0.39, 0.29) is 18.8 Å². The van der Waals surface area contributed by atoms with E-state index < -0.39 is 0 Å². The van der Waals surface area contributed by atoms with Crippen molar-refractivity contribution in [2.45, 2.75) is 18.9 Å². The zero-order chi connectivity index (χ0) is 15.4. The van der Waals surface area contributed by atoms with Gasteiger partial charge in [0.1, 0.15) is 0 Å². The Bertz CT molecular complexity index is 535. The topological polar surface area (TPSA) is 60.0 Å². The van der Waals surface area contributed by atoms with Crippen LogP contribution in [0.25, 0.3) is 0 Å². The minimum absolute atomic E-state index is 0.0505. The molecule has 1 N–H and O–H groups in total. The van der Waals surface area contributed by atoms with Crippen molar-refractivity contribution in [2.24, 2.45) is 0 Å². The van der Waals surface area contributed by atoms with Gasteiger partial charge in [-0.15, -0.1) is 0 Å². The molecule has 1 aromatic rings. The van der Waals surface area contributed by atoms with Crippen LogP contribution in [0, 0.1) is 0 Å². The van der Waals surface area contributed by atoms with Crippen molar-refractivity contribution in [1.82, 2.24) is 10.2 Å². The molecule has 2 heterocycles. The van der Waals surface area contributed by atoms with Crippen LogP contribution in [0.3, 0.4) is 0 Å². The van der Waals surface area contributed by atoms with Crippen molar-refractivity contribution in [3.05, 3.63) is 23.8 Å². The van der Waals surface area contributed by atoms with Crippen molar-refractivity contribution in [1.29, 1.82) is 0 Å². The van der Waals surface area contributed by atoms with Gasteiger partial charge >= 0.3 is 0 Å². The summed E-state index contributed by atoms with van der Waals surface area (Å²) in [5, 5.41) is 2.95. The lowest BCUT2D eigenvalue weighted by Gasteiger charge is -2.30. The summed E-state index contributed by atoms with van der Waals surface area (Å²) in [5.41, 5.74) is 1.08. The third-order valence-electron chi connectivity index (χ3n) is 3.95. The number of aryl methyl sites for hydroxylation is 1. The average Bonchev–Trinajstić information content (AvgIpc) is 2.98. The number of nitrogens with zero attached hydrogens (tertiary/aromatic N) is 1. The molecular formula is C16H22N2O4. The zero-order valence-electron chi connectivity index (χ0n) is 12.8.